The van der Waals surface area contributed by atoms with Gasteiger partial charge >= 0.3 is 0 Å². The number of ether oxygens (including phenoxy) is 3. The lowest BCUT2D eigenvalue weighted by atomic mass is 9.92. The van der Waals surface area contributed by atoms with Crippen LogP contribution in [-0.4, -0.2) is 38.7 Å². The number of nitrogens with zero attached hydrogens (tertiary/aromatic N) is 1. The molecule has 0 saturated carbocycles. The normalized spacial score (nSPS) is 15.7. The van der Waals surface area contributed by atoms with Gasteiger partial charge in [0.25, 0.3) is 0 Å². The number of carbonyl (C=O) groups is 1. The molecule has 2 aromatic carbocycles. The molecular weight excluding hydrogens is 318 g/mol. The Morgan fingerprint density at radius 1 is 1.20 bits per heavy atom. The SMILES string of the molecule is COc1ccc(CN(C)C(=O)C2CCOc3ccccc32)c(OC)c1. The number of amides is 1. The van der Waals surface area contributed by atoms with Crippen LogP contribution in [0.2, 0.25) is 0 Å². The van der Waals surface area contributed by atoms with Gasteiger partial charge < -0.3 is 19.1 Å². The highest BCUT2D eigenvalue weighted by Gasteiger charge is 2.29. The van der Waals surface area contributed by atoms with Crippen molar-refractivity contribution in [1.29, 1.82) is 0 Å². The van der Waals surface area contributed by atoms with E-state index in [4.69, 9.17) is 14.2 Å². The van der Waals surface area contributed by atoms with Gasteiger partial charge in [-0.15, -0.1) is 0 Å². The molecule has 132 valence electrons. The zero-order valence-corrected chi connectivity index (χ0v) is 14.8. The fourth-order valence-electron chi connectivity index (χ4n) is 3.18. The largest absolute Gasteiger partial charge is 0.497 e. The molecular formula is C20H23NO4. The molecule has 5 heteroatoms. The van der Waals surface area contributed by atoms with Crippen molar-refractivity contribution in [2.24, 2.45) is 0 Å². The minimum absolute atomic E-state index is 0.0913. The second kappa shape index (κ2) is 7.47. The molecule has 0 aromatic heterocycles. The van der Waals surface area contributed by atoms with Crippen LogP contribution < -0.4 is 14.2 Å². The monoisotopic (exact) mass is 341 g/mol. The maximum atomic E-state index is 13.0. The molecule has 0 saturated heterocycles. The Hall–Kier alpha value is -2.69. The van der Waals surface area contributed by atoms with Crippen LogP contribution >= 0.6 is 0 Å². The highest BCUT2D eigenvalue weighted by Crippen LogP contribution is 2.35. The van der Waals surface area contributed by atoms with E-state index >= 15 is 0 Å². The van der Waals surface area contributed by atoms with Crippen molar-refractivity contribution in [1.82, 2.24) is 4.90 Å². The molecule has 5 nitrogen and oxygen atoms in total. The molecule has 1 heterocycles. The standard InChI is InChI=1S/C20H23NO4/c1-21(13-14-8-9-15(23-2)12-19(14)24-3)20(22)17-10-11-25-18-7-5-4-6-16(17)18/h4-9,12,17H,10-11,13H2,1-3H3. The molecule has 0 spiro atoms. The average Bonchev–Trinajstić information content (AvgIpc) is 2.67. The number of carbonyl (C=O) groups excluding carboxylic acids is 1. The topological polar surface area (TPSA) is 48.0 Å². The predicted octanol–water partition coefficient (Wildman–Crippen LogP) is 3.23. The van der Waals surface area contributed by atoms with Gasteiger partial charge in [0.1, 0.15) is 17.2 Å². The molecule has 3 rings (SSSR count). The molecule has 0 bridgehead atoms. The Morgan fingerprint density at radius 3 is 2.76 bits per heavy atom. The summed E-state index contributed by atoms with van der Waals surface area (Å²) in [6.07, 6.45) is 0.694. The first kappa shape index (κ1) is 17.1. The fraction of sp³-hybridized carbons (Fsp3) is 0.350. The van der Waals surface area contributed by atoms with E-state index in [1.807, 2.05) is 49.5 Å². The number of benzene rings is 2. The van der Waals surface area contributed by atoms with Gasteiger partial charge in [0.05, 0.1) is 26.7 Å². The average molecular weight is 341 g/mol. The van der Waals surface area contributed by atoms with Crippen LogP contribution in [0.5, 0.6) is 17.2 Å². The molecule has 1 unspecified atom stereocenters. The van der Waals surface area contributed by atoms with E-state index in [0.717, 1.165) is 22.6 Å². The fourth-order valence-corrected chi connectivity index (χ4v) is 3.18. The zero-order valence-electron chi connectivity index (χ0n) is 14.8. The first-order valence-corrected chi connectivity index (χ1v) is 8.31. The highest BCUT2D eigenvalue weighted by molar-refractivity contribution is 5.84. The number of para-hydroxylation sites is 1. The molecule has 2 aromatic rings. The van der Waals surface area contributed by atoms with Gasteiger partial charge in [-0.05, 0) is 24.6 Å². The second-order valence-electron chi connectivity index (χ2n) is 6.10. The Bertz CT molecular complexity index is 759. The van der Waals surface area contributed by atoms with Gasteiger partial charge in [-0.2, -0.15) is 0 Å². The molecule has 1 amide bonds. The summed E-state index contributed by atoms with van der Waals surface area (Å²) >= 11 is 0. The summed E-state index contributed by atoms with van der Waals surface area (Å²) in [5, 5.41) is 0. The zero-order chi connectivity index (χ0) is 17.8. The van der Waals surface area contributed by atoms with E-state index in [1.165, 1.54) is 0 Å². The molecule has 0 aliphatic carbocycles. The quantitative estimate of drug-likeness (QED) is 0.838. The molecule has 0 radical (unpaired) electrons. The molecule has 0 fully saturated rings. The van der Waals surface area contributed by atoms with Crippen molar-refractivity contribution in [3.8, 4) is 17.2 Å². The van der Waals surface area contributed by atoms with Crippen LogP contribution in [0.3, 0.4) is 0 Å². The molecule has 1 atom stereocenters. The Labute approximate surface area is 148 Å². The van der Waals surface area contributed by atoms with Crippen LogP contribution in [0, 0.1) is 0 Å². The van der Waals surface area contributed by atoms with E-state index in [0.29, 0.717) is 25.3 Å². The molecule has 1 aliphatic heterocycles. The minimum Gasteiger partial charge on any atom is -0.497 e. The third-order valence-electron chi connectivity index (χ3n) is 4.53. The van der Waals surface area contributed by atoms with Crippen molar-refractivity contribution in [3.63, 3.8) is 0 Å². The van der Waals surface area contributed by atoms with Crippen LogP contribution in [0.1, 0.15) is 23.5 Å². The summed E-state index contributed by atoms with van der Waals surface area (Å²) in [7, 11) is 5.06. The van der Waals surface area contributed by atoms with Gasteiger partial charge in [0.15, 0.2) is 0 Å². The van der Waals surface area contributed by atoms with Crippen LogP contribution in [0.15, 0.2) is 42.5 Å². The predicted molar refractivity (Wildman–Crippen MR) is 95.3 cm³/mol. The second-order valence-corrected chi connectivity index (χ2v) is 6.10. The Balaban J connectivity index is 1.78. The number of fused-ring (bicyclic) bond motifs is 1. The number of likely N-dealkylation sites (N-methyl/N-ethyl adjacent to an activating group) is 1. The summed E-state index contributed by atoms with van der Waals surface area (Å²) in [4.78, 5) is 14.7. The third-order valence-corrected chi connectivity index (χ3v) is 4.53. The Kier molecular flexibility index (Phi) is 5.12. The number of hydrogen-bond acceptors (Lipinski definition) is 4. The van der Waals surface area contributed by atoms with Crippen molar-refractivity contribution < 1.29 is 19.0 Å². The smallest absolute Gasteiger partial charge is 0.230 e. The van der Waals surface area contributed by atoms with Crippen molar-refractivity contribution in [2.45, 2.75) is 18.9 Å². The maximum Gasteiger partial charge on any atom is 0.230 e. The van der Waals surface area contributed by atoms with Gasteiger partial charge in [0, 0.05) is 30.8 Å². The first-order valence-electron chi connectivity index (χ1n) is 8.31. The summed E-state index contributed by atoms with van der Waals surface area (Å²) in [6, 6.07) is 13.4. The van der Waals surface area contributed by atoms with Gasteiger partial charge in [-0.1, -0.05) is 18.2 Å². The summed E-state index contributed by atoms with van der Waals surface area (Å²) in [5.74, 6) is 2.18. The molecule has 0 N–H and O–H groups in total. The van der Waals surface area contributed by atoms with Gasteiger partial charge in [-0.3, -0.25) is 4.79 Å². The van der Waals surface area contributed by atoms with E-state index < -0.39 is 0 Å². The van der Waals surface area contributed by atoms with Crippen molar-refractivity contribution in [3.05, 3.63) is 53.6 Å². The van der Waals surface area contributed by atoms with Crippen LogP contribution in [0.25, 0.3) is 0 Å². The van der Waals surface area contributed by atoms with Crippen LogP contribution in [0.4, 0.5) is 0 Å². The minimum atomic E-state index is -0.167. The highest BCUT2D eigenvalue weighted by atomic mass is 16.5. The van der Waals surface area contributed by atoms with Crippen molar-refractivity contribution >= 4 is 5.91 Å². The van der Waals surface area contributed by atoms with Gasteiger partial charge in [0.2, 0.25) is 5.91 Å². The lowest BCUT2D eigenvalue weighted by Crippen LogP contribution is -2.34. The first-order chi connectivity index (χ1) is 12.1. The van der Waals surface area contributed by atoms with Crippen LogP contribution in [-0.2, 0) is 11.3 Å². The number of hydrogen-bond donors (Lipinski definition) is 0. The summed E-state index contributed by atoms with van der Waals surface area (Å²) < 4.78 is 16.3. The van der Waals surface area contributed by atoms with E-state index in [1.54, 1.807) is 19.1 Å². The number of methoxy groups -OCH3 is 2. The number of rotatable bonds is 5. The summed E-state index contributed by atoms with van der Waals surface area (Å²) in [6.45, 7) is 1.04. The summed E-state index contributed by atoms with van der Waals surface area (Å²) in [5.41, 5.74) is 1.91. The lowest BCUT2D eigenvalue weighted by molar-refractivity contribution is -0.132. The van der Waals surface area contributed by atoms with E-state index in [9.17, 15) is 4.79 Å². The maximum absolute atomic E-state index is 13.0. The Morgan fingerprint density at radius 2 is 2.00 bits per heavy atom. The molecule has 25 heavy (non-hydrogen) atoms. The van der Waals surface area contributed by atoms with Gasteiger partial charge in [-0.25, -0.2) is 0 Å². The molecule has 1 aliphatic rings. The third kappa shape index (κ3) is 3.55. The van der Waals surface area contributed by atoms with E-state index in [2.05, 4.69) is 0 Å². The lowest BCUT2D eigenvalue weighted by Gasteiger charge is -2.29. The van der Waals surface area contributed by atoms with E-state index in [-0.39, 0.29) is 11.8 Å². The van der Waals surface area contributed by atoms with Crippen molar-refractivity contribution in [2.75, 3.05) is 27.9 Å².